The summed E-state index contributed by atoms with van der Waals surface area (Å²) in [5, 5.41) is 16.6. The lowest BCUT2D eigenvalue weighted by Crippen LogP contribution is -2.09. The van der Waals surface area contributed by atoms with Crippen LogP contribution in [0.1, 0.15) is 11.9 Å². The van der Waals surface area contributed by atoms with Crippen LogP contribution in [0.4, 0.5) is 0 Å². The highest BCUT2D eigenvalue weighted by Crippen LogP contribution is 2.30. The second kappa shape index (κ2) is 3.01. The Morgan fingerprint density at radius 3 is 2.64 bits per heavy atom. The predicted molar refractivity (Wildman–Crippen MR) is 49.1 cm³/mol. The summed E-state index contributed by atoms with van der Waals surface area (Å²) >= 11 is 9.34. The van der Waals surface area contributed by atoms with Crippen LogP contribution in [0.2, 0.25) is 0 Å². The van der Waals surface area contributed by atoms with Crippen molar-refractivity contribution in [2.45, 2.75) is 16.0 Å². The maximum atomic E-state index is 8.64. The van der Waals surface area contributed by atoms with Crippen LogP contribution < -0.4 is 0 Å². The van der Waals surface area contributed by atoms with E-state index >= 15 is 0 Å². The Kier molecular flexibility index (Phi) is 2.42. The van der Waals surface area contributed by atoms with Crippen molar-refractivity contribution in [3.05, 3.63) is 5.01 Å². The number of nitriles is 1. The molecule has 1 rings (SSSR count). The van der Waals surface area contributed by atoms with Gasteiger partial charge < -0.3 is 0 Å². The zero-order chi connectivity index (χ0) is 8.48. The Labute approximate surface area is 79.3 Å². The first kappa shape index (κ1) is 8.84. The molecule has 0 saturated heterocycles. The fraction of sp³-hybridized carbons (Fsp3) is 0.400. The molecule has 0 spiro atoms. The Balaban J connectivity index is 3.04. The van der Waals surface area contributed by atoms with Crippen molar-refractivity contribution < 1.29 is 0 Å². The molecule has 58 valence electrons. The van der Waals surface area contributed by atoms with E-state index in [9.17, 15) is 0 Å². The number of thiol groups is 2. The lowest BCUT2D eigenvalue weighted by atomic mass is 10.2. The van der Waals surface area contributed by atoms with Gasteiger partial charge in [0.2, 0.25) is 0 Å². The molecule has 0 radical (unpaired) electrons. The maximum Gasteiger partial charge on any atom is 0.171 e. The van der Waals surface area contributed by atoms with Crippen molar-refractivity contribution in [1.29, 1.82) is 5.26 Å². The van der Waals surface area contributed by atoms with Crippen LogP contribution >= 0.6 is 36.6 Å². The molecule has 1 atom stereocenters. The molecule has 0 saturated carbocycles. The Hall–Kier alpha value is -0.250. The topological polar surface area (TPSA) is 49.6 Å². The molecule has 0 aliphatic rings. The fourth-order valence-corrected chi connectivity index (χ4v) is 1.53. The van der Waals surface area contributed by atoms with Crippen LogP contribution in [-0.4, -0.2) is 10.2 Å². The standard InChI is InChI=1S/C5H5N3S3/c1-5(10,2-6)3-7-8-4(9)11-3/h10H,1H3,(H,8,9). The van der Waals surface area contributed by atoms with Gasteiger partial charge in [0.25, 0.3) is 0 Å². The van der Waals surface area contributed by atoms with Gasteiger partial charge in [-0.3, -0.25) is 0 Å². The molecular formula is C5H5N3S3. The molecule has 0 amide bonds. The van der Waals surface area contributed by atoms with Crippen LogP contribution in [0.25, 0.3) is 0 Å². The third kappa shape index (κ3) is 1.86. The van der Waals surface area contributed by atoms with E-state index in [0.717, 1.165) is 0 Å². The summed E-state index contributed by atoms with van der Waals surface area (Å²) in [7, 11) is 0. The third-order valence-corrected chi connectivity index (χ3v) is 2.82. The second-order valence-corrected chi connectivity index (χ2v) is 4.67. The van der Waals surface area contributed by atoms with E-state index in [-0.39, 0.29) is 0 Å². The smallest absolute Gasteiger partial charge is 0.171 e. The summed E-state index contributed by atoms with van der Waals surface area (Å²) in [5.41, 5.74) is 0. The quantitative estimate of drug-likeness (QED) is 0.680. The van der Waals surface area contributed by atoms with Gasteiger partial charge >= 0.3 is 0 Å². The van der Waals surface area contributed by atoms with Crippen LogP contribution in [0, 0.1) is 11.3 Å². The predicted octanol–water partition coefficient (Wildman–Crippen LogP) is 1.50. The molecule has 1 unspecified atom stereocenters. The van der Waals surface area contributed by atoms with E-state index < -0.39 is 4.75 Å². The Morgan fingerprint density at radius 1 is 1.64 bits per heavy atom. The van der Waals surface area contributed by atoms with Gasteiger partial charge in [-0.2, -0.15) is 17.9 Å². The molecule has 3 nitrogen and oxygen atoms in total. The molecule has 11 heavy (non-hydrogen) atoms. The van der Waals surface area contributed by atoms with Crippen molar-refractivity contribution >= 4 is 36.6 Å². The normalized spacial score (nSPS) is 15.5. The van der Waals surface area contributed by atoms with E-state index in [0.29, 0.717) is 9.35 Å². The monoisotopic (exact) mass is 203 g/mol. The largest absolute Gasteiger partial charge is 0.196 e. The van der Waals surface area contributed by atoms with Gasteiger partial charge in [-0.1, -0.05) is 11.3 Å². The van der Waals surface area contributed by atoms with Crippen molar-refractivity contribution in [2.75, 3.05) is 0 Å². The van der Waals surface area contributed by atoms with Crippen LogP contribution in [0.5, 0.6) is 0 Å². The van der Waals surface area contributed by atoms with Crippen molar-refractivity contribution in [3.63, 3.8) is 0 Å². The van der Waals surface area contributed by atoms with E-state index in [4.69, 9.17) is 5.26 Å². The lowest BCUT2D eigenvalue weighted by Gasteiger charge is -2.07. The number of hydrogen-bond acceptors (Lipinski definition) is 6. The molecule has 0 aliphatic carbocycles. The molecule has 6 heteroatoms. The summed E-state index contributed by atoms with van der Waals surface area (Å²) in [6.07, 6.45) is 0. The highest BCUT2D eigenvalue weighted by molar-refractivity contribution is 7.83. The fourth-order valence-electron chi connectivity index (χ4n) is 0.460. The van der Waals surface area contributed by atoms with Crippen molar-refractivity contribution in [2.24, 2.45) is 0 Å². The van der Waals surface area contributed by atoms with Gasteiger partial charge in [-0.25, -0.2) is 0 Å². The first-order chi connectivity index (χ1) is 5.06. The molecule has 1 aromatic rings. The Morgan fingerprint density at radius 2 is 2.27 bits per heavy atom. The number of aromatic nitrogens is 2. The van der Waals surface area contributed by atoms with Crippen LogP contribution in [0.3, 0.4) is 0 Å². The summed E-state index contributed by atoms with van der Waals surface area (Å²) < 4.78 is -0.297. The van der Waals surface area contributed by atoms with Gasteiger partial charge in [-0.05, 0) is 6.92 Å². The SMILES string of the molecule is CC(S)(C#N)c1nnc(S)s1. The summed E-state index contributed by atoms with van der Waals surface area (Å²) in [4.78, 5) is 0. The highest BCUT2D eigenvalue weighted by atomic mass is 32.2. The first-order valence-corrected chi connectivity index (χ1v) is 4.44. The third-order valence-electron chi connectivity index (χ3n) is 1.05. The number of nitrogens with zero attached hydrogens (tertiary/aromatic N) is 3. The minimum absolute atomic E-state index is 0.551. The summed E-state index contributed by atoms with van der Waals surface area (Å²) in [6, 6.07) is 2.01. The summed E-state index contributed by atoms with van der Waals surface area (Å²) in [5.74, 6) is 0. The summed E-state index contributed by atoms with van der Waals surface area (Å²) in [6.45, 7) is 1.67. The minimum Gasteiger partial charge on any atom is -0.196 e. The van der Waals surface area contributed by atoms with E-state index in [1.54, 1.807) is 6.92 Å². The first-order valence-electron chi connectivity index (χ1n) is 2.73. The molecule has 0 fully saturated rings. The van der Waals surface area contributed by atoms with Crippen LogP contribution in [-0.2, 0) is 4.75 Å². The highest BCUT2D eigenvalue weighted by Gasteiger charge is 2.25. The van der Waals surface area contributed by atoms with Crippen molar-refractivity contribution in [1.82, 2.24) is 10.2 Å². The molecular weight excluding hydrogens is 198 g/mol. The van der Waals surface area contributed by atoms with Gasteiger partial charge in [0.1, 0.15) is 5.01 Å². The van der Waals surface area contributed by atoms with Gasteiger partial charge in [0, 0.05) is 0 Å². The van der Waals surface area contributed by atoms with Crippen molar-refractivity contribution in [3.8, 4) is 6.07 Å². The van der Waals surface area contributed by atoms with E-state index in [2.05, 4.69) is 35.5 Å². The van der Waals surface area contributed by atoms with Gasteiger partial charge in [0.15, 0.2) is 9.09 Å². The minimum atomic E-state index is -0.849. The number of hydrogen-bond donors (Lipinski definition) is 2. The average Bonchev–Trinajstić information content (AvgIpc) is 2.36. The van der Waals surface area contributed by atoms with Crippen LogP contribution in [0.15, 0.2) is 4.34 Å². The lowest BCUT2D eigenvalue weighted by molar-refractivity contribution is 0.842. The molecule has 0 N–H and O–H groups in total. The van der Waals surface area contributed by atoms with Gasteiger partial charge in [-0.15, -0.1) is 22.8 Å². The average molecular weight is 203 g/mol. The molecule has 1 heterocycles. The van der Waals surface area contributed by atoms with E-state index in [1.807, 2.05) is 6.07 Å². The molecule has 0 bridgehead atoms. The zero-order valence-electron chi connectivity index (χ0n) is 5.64. The zero-order valence-corrected chi connectivity index (χ0v) is 8.25. The molecule has 0 aliphatic heterocycles. The maximum absolute atomic E-state index is 8.64. The molecule has 0 aromatic carbocycles. The number of rotatable bonds is 1. The van der Waals surface area contributed by atoms with E-state index in [1.165, 1.54) is 11.3 Å². The second-order valence-electron chi connectivity index (χ2n) is 2.07. The van der Waals surface area contributed by atoms with Gasteiger partial charge in [0.05, 0.1) is 6.07 Å². The Bertz CT molecular complexity index is 298. The molecule has 1 aromatic heterocycles.